The van der Waals surface area contributed by atoms with Gasteiger partial charge >= 0.3 is 0 Å². The predicted molar refractivity (Wildman–Crippen MR) is 133 cm³/mol. The first-order chi connectivity index (χ1) is 18.0. The summed E-state index contributed by atoms with van der Waals surface area (Å²) < 4.78 is 13.4. The van der Waals surface area contributed by atoms with Gasteiger partial charge in [-0.1, -0.05) is 18.7 Å². The van der Waals surface area contributed by atoms with Crippen LogP contribution >= 0.6 is 0 Å². The van der Waals surface area contributed by atoms with Gasteiger partial charge in [0.05, 0.1) is 30.0 Å². The monoisotopic (exact) mass is 501 g/mol. The number of imide groups is 1. The maximum Gasteiger partial charge on any atom is 0.266 e. The summed E-state index contributed by atoms with van der Waals surface area (Å²) >= 11 is 0. The molecule has 0 aliphatic carbocycles. The maximum atomic E-state index is 13.3. The number of aromatic nitrogens is 2. The highest BCUT2D eigenvalue weighted by Crippen LogP contribution is 2.34. The number of allylic oxidation sites excluding steroid dienone is 1. The van der Waals surface area contributed by atoms with Crippen LogP contribution in [0.15, 0.2) is 55.0 Å². The van der Waals surface area contributed by atoms with Crippen LogP contribution < -0.4 is 10.1 Å². The van der Waals surface area contributed by atoms with E-state index in [2.05, 4.69) is 34.0 Å². The van der Waals surface area contributed by atoms with Crippen LogP contribution in [-0.2, 0) is 22.7 Å². The number of carbonyl (C=O) groups is 3. The van der Waals surface area contributed by atoms with Crippen molar-refractivity contribution in [3.8, 4) is 5.75 Å². The van der Waals surface area contributed by atoms with Gasteiger partial charge in [0, 0.05) is 37.7 Å². The lowest BCUT2D eigenvalue weighted by atomic mass is 10.0. The van der Waals surface area contributed by atoms with Gasteiger partial charge in [-0.2, -0.15) is 0 Å². The molecule has 1 aromatic carbocycles. The van der Waals surface area contributed by atoms with Gasteiger partial charge in [-0.15, -0.1) is 0 Å². The van der Waals surface area contributed by atoms with Gasteiger partial charge < -0.3 is 19.2 Å². The van der Waals surface area contributed by atoms with Crippen LogP contribution in [-0.4, -0.2) is 69.3 Å². The Balaban J connectivity index is 1.18. The summed E-state index contributed by atoms with van der Waals surface area (Å²) in [6.45, 7) is 8.09. The Kier molecular flexibility index (Phi) is 5.97. The van der Waals surface area contributed by atoms with E-state index >= 15 is 0 Å². The number of hydrogen-bond acceptors (Lipinski definition) is 7. The van der Waals surface area contributed by atoms with Crippen LogP contribution in [0.1, 0.15) is 44.8 Å². The van der Waals surface area contributed by atoms with E-state index in [1.165, 1.54) is 5.56 Å². The minimum atomic E-state index is -0.865. The Morgan fingerprint density at radius 3 is 2.73 bits per heavy atom. The van der Waals surface area contributed by atoms with Crippen LogP contribution in [0.4, 0.5) is 0 Å². The highest BCUT2D eigenvalue weighted by Gasteiger charge is 2.45. The highest BCUT2D eigenvalue weighted by atomic mass is 16.5. The molecule has 190 valence electrons. The van der Waals surface area contributed by atoms with Gasteiger partial charge in [0.1, 0.15) is 24.0 Å². The lowest BCUT2D eigenvalue weighted by Crippen LogP contribution is -2.51. The van der Waals surface area contributed by atoms with E-state index in [0.29, 0.717) is 30.0 Å². The largest absolute Gasteiger partial charge is 0.486 e. The Bertz CT molecular complexity index is 1420. The summed E-state index contributed by atoms with van der Waals surface area (Å²) in [6.07, 6.45) is 4.82. The molecule has 3 amide bonds. The summed E-state index contributed by atoms with van der Waals surface area (Å²) in [4.78, 5) is 46.9. The molecule has 0 radical (unpaired) electrons. The zero-order valence-electron chi connectivity index (χ0n) is 20.3. The molecule has 6 rings (SSSR count). The second kappa shape index (κ2) is 9.45. The molecular formula is C27H27N5O5. The number of amides is 3. The molecule has 10 nitrogen and oxygen atoms in total. The molecule has 37 heavy (non-hydrogen) atoms. The number of benzene rings is 1. The third-order valence-corrected chi connectivity index (χ3v) is 6.99. The number of imidazole rings is 1. The van der Waals surface area contributed by atoms with Crippen molar-refractivity contribution < 1.29 is 23.9 Å². The van der Waals surface area contributed by atoms with Crippen molar-refractivity contribution in [1.82, 2.24) is 24.5 Å². The lowest BCUT2D eigenvalue weighted by Gasteiger charge is -2.29. The van der Waals surface area contributed by atoms with Crippen molar-refractivity contribution in [1.29, 1.82) is 0 Å². The first-order valence-corrected chi connectivity index (χ1v) is 12.4. The van der Waals surface area contributed by atoms with Gasteiger partial charge in [-0.3, -0.25) is 24.2 Å². The van der Waals surface area contributed by atoms with Crippen molar-refractivity contribution in [3.05, 3.63) is 77.4 Å². The second-order valence-electron chi connectivity index (χ2n) is 9.52. The highest BCUT2D eigenvalue weighted by molar-refractivity contribution is 6.24. The summed E-state index contributed by atoms with van der Waals surface area (Å²) in [7, 11) is 0. The topological polar surface area (TPSA) is 105 Å². The molecule has 2 saturated heterocycles. The number of piperidine rings is 1. The van der Waals surface area contributed by atoms with E-state index in [-0.39, 0.29) is 17.7 Å². The molecule has 1 atom stereocenters. The molecule has 3 aliphatic rings. The Hall–Kier alpha value is -4.02. The molecule has 0 bridgehead atoms. The Morgan fingerprint density at radius 1 is 1.08 bits per heavy atom. The van der Waals surface area contributed by atoms with Crippen molar-refractivity contribution in [2.75, 3.05) is 26.3 Å². The van der Waals surface area contributed by atoms with Gasteiger partial charge in [0.15, 0.2) is 0 Å². The average molecular weight is 502 g/mol. The fourth-order valence-corrected chi connectivity index (χ4v) is 5.11. The molecule has 1 N–H and O–H groups in total. The van der Waals surface area contributed by atoms with Crippen molar-refractivity contribution in [2.45, 2.75) is 32.0 Å². The smallest absolute Gasteiger partial charge is 0.266 e. The van der Waals surface area contributed by atoms with Crippen LogP contribution in [0.2, 0.25) is 0 Å². The molecule has 0 spiro atoms. The van der Waals surface area contributed by atoms with Crippen molar-refractivity contribution in [3.63, 3.8) is 0 Å². The maximum absolute atomic E-state index is 13.3. The molecule has 3 aromatic rings. The third-order valence-electron chi connectivity index (χ3n) is 6.99. The standard InChI is InChI=1S/C27H27N5O5/c1-17-5-7-21(25(33)28-17)32-26(34)20-3-2-4-22(24(20)27(32)35)37-16-19-15-31-14-18(6-8-23(31)29-19)13-30-9-11-36-12-10-30/h2-4,6,8,14-15,21H,1,5,7,9-13,16H2,(H,28,33). The number of pyridine rings is 1. The van der Waals surface area contributed by atoms with E-state index in [1.54, 1.807) is 18.2 Å². The van der Waals surface area contributed by atoms with Crippen molar-refractivity contribution >= 4 is 23.4 Å². The SMILES string of the molecule is C=C1CCC(N2C(=O)c3cccc(OCc4cn5cc(CN6CCOCC6)ccc5n4)c3C2=O)C(=O)N1. The predicted octanol–water partition coefficient (Wildman–Crippen LogP) is 2.13. The Morgan fingerprint density at radius 2 is 1.92 bits per heavy atom. The second-order valence-corrected chi connectivity index (χ2v) is 9.52. The number of morpholine rings is 1. The van der Waals surface area contributed by atoms with Gasteiger partial charge in [0.25, 0.3) is 11.8 Å². The average Bonchev–Trinajstić information content (AvgIpc) is 3.42. The van der Waals surface area contributed by atoms with Crippen LogP contribution in [0.5, 0.6) is 5.75 Å². The minimum absolute atomic E-state index is 0.127. The first-order valence-electron chi connectivity index (χ1n) is 12.4. The van der Waals surface area contributed by atoms with Crippen LogP contribution in [0.3, 0.4) is 0 Å². The number of fused-ring (bicyclic) bond motifs is 2. The van der Waals surface area contributed by atoms with Crippen molar-refractivity contribution in [2.24, 2.45) is 0 Å². The molecule has 5 heterocycles. The fraction of sp³-hybridized carbons (Fsp3) is 0.333. The number of ether oxygens (including phenoxy) is 2. The molecule has 2 aromatic heterocycles. The van der Waals surface area contributed by atoms with Crippen LogP contribution in [0, 0.1) is 0 Å². The van der Waals surface area contributed by atoms with E-state index in [9.17, 15) is 14.4 Å². The van der Waals surface area contributed by atoms with E-state index in [0.717, 1.165) is 43.4 Å². The minimum Gasteiger partial charge on any atom is -0.486 e. The zero-order valence-corrected chi connectivity index (χ0v) is 20.3. The summed E-state index contributed by atoms with van der Waals surface area (Å²) in [5.74, 6) is -1.11. The summed E-state index contributed by atoms with van der Waals surface area (Å²) in [5, 5.41) is 2.65. The summed E-state index contributed by atoms with van der Waals surface area (Å²) in [5.41, 5.74) is 3.68. The number of hydrogen-bond donors (Lipinski definition) is 1. The van der Waals surface area contributed by atoms with E-state index < -0.39 is 23.8 Å². The number of carbonyl (C=O) groups excluding carboxylic acids is 3. The van der Waals surface area contributed by atoms with E-state index in [4.69, 9.17) is 9.47 Å². The number of nitrogens with one attached hydrogen (secondary N) is 1. The quantitative estimate of drug-likeness (QED) is 0.516. The molecule has 1 unspecified atom stereocenters. The third kappa shape index (κ3) is 4.38. The fourth-order valence-electron chi connectivity index (χ4n) is 5.11. The van der Waals surface area contributed by atoms with Gasteiger partial charge in [0.2, 0.25) is 5.91 Å². The molecular weight excluding hydrogens is 474 g/mol. The number of rotatable bonds is 6. The normalized spacial score (nSPS) is 20.4. The molecule has 10 heteroatoms. The molecule has 3 aliphatic heterocycles. The Labute approximate surface area is 213 Å². The zero-order chi connectivity index (χ0) is 25.5. The van der Waals surface area contributed by atoms with Gasteiger partial charge in [-0.05, 0) is 36.6 Å². The molecule has 0 saturated carbocycles. The van der Waals surface area contributed by atoms with Crippen LogP contribution in [0.25, 0.3) is 5.65 Å². The lowest BCUT2D eigenvalue weighted by molar-refractivity contribution is -0.125. The van der Waals surface area contributed by atoms with Gasteiger partial charge in [-0.25, -0.2) is 4.98 Å². The molecule has 2 fully saturated rings. The number of nitrogens with zero attached hydrogens (tertiary/aromatic N) is 4. The van der Waals surface area contributed by atoms with E-state index in [1.807, 2.05) is 16.7 Å². The summed E-state index contributed by atoms with van der Waals surface area (Å²) in [6, 6.07) is 8.10. The first kappa shape index (κ1) is 23.4.